The molecule has 0 saturated carbocycles. The Hall–Kier alpha value is -1.19. The molecule has 0 N–H and O–H groups in total. The quantitative estimate of drug-likeness (QED) is 0.780. The predicted octanol–water partition coefficient (Wildman–Crippen LogP) is 2.60. The van der Waals surface area contributed by atoms with Gasteiger partial charge in [0.1, 0.15) is 0 Å². The number of carbonyl (C=O) groups excluding carboxylic acids is 1. The second-order valence-electron chi connectivity index (χ2n) is 5.38. The lowest BCUT2D eigenvalue weighted by Crippen LogP contribution is -2.44. The Balaban J connectivity index is 2.02. The first-order valence-electron chi connectivity index (χ1n) is 7.04. The predicted molar refractivity (Wildman–Crippen MR) is 76.7 cm³/mol. The summed E-state index contributed by atoms with van der Waals surface area (Å²) in [4.78, 5) is 14.6. The minimum atomic E-state index is 0.220. The van der Waals surface area contributed by atoms with Gasteiger partial charge in [-0.1, -0.05) is 24.6 Å². The van der Waals surface area contributed by atoms with Crippen LogP contribution in [0.15, 0.2) is 18.2 Å². The van der Waals surface area contributed by atoms with Crippen molar-refractivity contribution in [3.05, 3.63) is 34.9 Å². The zero-order valence-corrected chi connectivity index (χ0v) is 12.1. The van der Waals surface area contributed by atoms with Crippen LogP contribution in [0.3, 0.4) is 0 Å². The van der Waals surface area contributed by atoms with E-state index in [1.807, 2.05) is 32.0 Å². The van der Waals surface area contributed by atoms with Crippen molar-refractivity contribution in [2.45, 2.75) is 33.3 Å². The molecule has 1 fully saturated rings. The molecule has 0 aromatic heterocycles. The maximum atomic E-state index is 12.4. The summed E-state index contributed by atoms with van der Waals surface area (Å²) in [6.45, 7) is 9.11. The second kappa shape index (κ2) is 6.31. The van der Waals surface area contributed by atoms with Gasteiger partial charge in [-0.3, -0.25) is 9.69 Å². The third kappa shape index (κ3) is 3.64. The number of nitrogens with zero attached hydrogens (tertiary/aromatic N) is 1. The van der Waals surface area contributed by atoms with Crippen LogP contribution in [0.4, 0.5) is 0 Å². The Labute approximate surface area is 115 Å². The number of benzene rings is 1. The lowest BCUT2D eigenvalue weighted by molar-refractivity contribution is -0.0271. The van der Waals surface area contributed by atoms with Crippen LogP contribution in [0.25, 0.3) is 0 Å². The minimum absolute atomic E-state index is 0.220. The van der Waals surface area contributed by atoms with Gasteiger partial charge in [-0.15, -0.1) is 0 Å². The smallest absolute Gasteiger partial charge is 0.177 e. The summed E-state index contributed by atoms with van der Waals surface area (Å²) >= 11 is 0. The van der Waals surface area contributed by atoms with Crippen molar-refractivity contribution < 1.29 is 9.53 Å². The maximum absolute atomic E-state index is 12.4. The highest BCUT2D eigenvalue weighted by Crippen LogP contribution is 2.14. The average molecular weight is 261 g/mol. The molecular weight excluding hydrogens is 238 g/mol. The number of hydrogen-bond donors (Lipinski definition) is 0. The molecule has 1 aromatic rings. The molecule has 1 saturated heterocycles. The Morgan fingerprint density at radius 1 is 1.42 bits per heavy atom. The second-order valence-corrected chi connectivity index (χ2v) is 5.38. The van der Waals surface area contributed by atoms with Crippen LogP contribution in [0.2, 0.25) is 0 Å². The average Bonchev–Trinajstić information content (AvgIpc) is 2.41. The molecule has 0 bridgehead atoms. The molecule has 3 heteroatoms. The molecule has 1 aliphatic heterocycles. The van der Waals surface area contributed by atoms with Crippen LogP contribution in [-0.2, 0) is 4.74 Å². The van der Waals surface area contributed by atoms with Crippen molar-refractivity contribution in [3.63, 3.8) is 0 Å². The standard InChI is InChI=1S/C16H23NO2/c1-4-14-10-17(7-8-19-14)11-16(18)15-9-12(2)5-6-13(15)3/h5-6,9,14H,4,7-8,10-11H2,1-3H3. The molecule has 0 radical (unpaired) electrons. The fourth-order valence-electron chi connectivity index (χ4n) is 2.50. The molecule has 19 heavy (non-hydrogen) atoms. The summed E-state index contributed by atoms with van der Waals surface area (Å²) in [6, 6.07) is 6.07. The first kappa shape index (κ1) is 14.2. The Kier molecular flexibility index (Phi) is 4.72. The number of Topliss-reactive ketones (excluding diaryl/α,β-unsaturated/α-hetero) is 1. The van der Waals surface area contributed by atoms with E-state index in [9.17, 15) is 4.79 Å². The van der Waals surface area contributed by atoms with Crippen molar-refractivity contribution in [1.82, 2.24) is 4.90 Å². The summed E-state index contributed by atoms with van der Waals surface area (Å²) in [5.74, 6) is 0.220. The van der Waals surface area contributed by atoms with Crippen LogP contribution in [0.1, 0.15) is 34.8 Å². The van der Waals surface area contributed by atoms with Crippen molar-refractivity contribution in [2.75, 3.05) is 26.2 Å². The fraction of sp³-hybridized carbons (Fsp3) is 0.562. The fourth-order valence-corrected chi connectivity index (χ4v) is 2.50. The van der Waals surface area contributed by atoms with E-state index in [1.54, 1.807) is 0 Å². The van der Waals surface area contributed by atoms with E-state index in [-0.39, 0.29) is 11.9 Å². The summed E-state index contributed by atoms with van der Waals surface area (Å²) in [5, 5.41) is 0. The van der Waals surface area contributed by atoms with Crippen LogP contribution < -0.4 is 0 Å². The van der Waals surface area contributed by atoms with Gasteiger partial charge in [-0.05, 0) is 31.9 Å². The highest BCUT2D eigenvalue weighted by atomic mass is 16.5. The van der Waals surface area contributed by atoms with Gasteiger partial charge in [0.2, 0.25) is 0 Å². The van der Waals surface area contributed by atoms with Crippen molar-refractivity contribution >= 4 is 5.78 Å². The number of morpholine rings is 1. The number of ether oxygens (including phenoxy) is 1. The Morgan fingerprint density at radius 2 is 2.21 bits per heavy atom. The summed E-state index contributed by atoms with van der Waals surface area (Å²) in [7, 11) is 0. The molecule has 1 aromatic carbocycles. The van der Waals surface area contributed by atoms with E-state index in [4.69, 9.17) is 4.74 Å². The first-order chi connectivity index (χ1) is 9.10. The van der Waals surface area contributed by atoms with Crippen LogP contribution >= 0.6 is 0 Å². The normalized spacial score (nSPS) is 20.5. The van der Waals surface area contributed by atoms with E-state index in [1.165, 1.54) is 0 Å². The maximum Gasteiger partial charge on any atom is 0.177 e. The molecule has 0 amide bonds. The first-order valence-corrected chi connectivity index (χ1v) is 7.04. The van der Waals surface area contributed by atoms with Gasteiger partial charge in [0, 0.05) is 18.7 Å². The topological polar surface area (TPSA) is 29.5 Å². The zero-order valence-electron chi connectivity index (χ0n) is 12.1. The third-order valence-corrected chi connectivity index (χ3v) is 3.74. The molecule has 1 atom stereocenters. The van der Waals surface area contributed by atoms with Gasteiger partial charge in [-0.2, -0.15) is 0 Å². The van der Waals surface area contributed by atoms with E-state index in [2.05, 4.69) is 11.8 Å². The van der Waals surface area contributed by atoms with Crippen molar-refractivity contribution in [3.8, 4) is 0 Å². The van der Waals surface area contributed by atoms with Crippen LogP contribution in [0, 0.1) is 13.8 Å². The highest BCUT2D eigenvalue weighted by molar-refractivity contribution is 5.99. The zero-order chi connectivity index (χ0) is 13.8. The van der Waals surface area contributed by atoms with Gasteiger partial charge < -0.3 is 4.74 Å². The van der Waals surface area contributed by atoms with Crippen molar-refractivity contribution in [1.29, 1.82) is 0 Å². The van der Waals surface area contributed by atoms with Gasteiger partial charge >= 0.3 is 0 Å². The molecule has 2 rings (SSSR count). The van der Waals surface area contributed by atoms with Gasteiger partial charge in [-0.25, -0.2) is 0 Å². The molecule has 0 aliphatic carbocycles. The van der Waals surface area contributed by atoms with Gasteiger partial charge in [0.15, 0.2) is 5.78 Å². The Morgan fingerprint density at radius 3 is 2.95 bits per heavy atom. The monoisotopic (exact) mass is 261 g/mol. The molecule has 1 heterocycles. The summed E-state index contributed by atoms with van der Waals surface area (Å²) in [6.07, 6.45) is 1.29. The molecule has 104 valence electrons. The molecule has 1 unspecified atom stereocenters. The number of aryl methyl sites for hydroxylation is 2. The third-order valence-electron chi connectivity index (χ3n) is 3.74. The number of carbonyl (C=O) groups is 1. The van der Waals surface area contributed by atoms with E-state index >= 15 is 0 Å². The van der Waals surface area contributed by atoms with E-state index in [0.717, 1.165) is 42.8 Å². The van der Waals surface area contributed by atoms with Gasteiger partial charge in [0.25, 0.3) is 0 Å². The van der Waals surface area contributed by atoms with E-state index < -0.39 is 0 Å². The number of rotatable bonds is 4. The van der Waals surface area contributed by atoms with Crippen LogP contribution in [-0.4, -0.2) is 43.0 Å². The Bertz CT molecular complexity index is 456. The largest absolute Gasteiger partial charge is 0.376 e. The van der Waals surface area contributed by atoms with Crippen LogP contribution in [0.5, 0.6) is 0 Å². The molecule has 1 aliphatic rings. The summed E-state index contributed by atoms with van der Waals surface area (Å²) < 4.78 is 5.63. The molecule has 0 spiro atoms. The number of hydrogen-bond acceptors (Lipinski definition) is 3. The lowest BCUT2D eigenvalue weighted by Gasteiger charge is -2.32. The minimum Gasteiger partial charge on any atom is -0.376 e. The van der Waals surface area contributed by atoms with Gasteiger partial charge in [0.05, 0.1) is 19.3 Å². The highest BCUT2D eigenvalue weighted by Gasteiger charge is 2.21. The number of ketones is 1. The van der Waals surface area contributed by atoms with E-state index in [0.29, 0.717) is 6.54 Å². The molecule has 3 nitrogen and oxygen atoms in total. The van der Waals surface area contributed by atoms with Crippen molar-refractivity contribution in [2.24, 2.45) is 0 Å². The summed E-state index contributed by atoms with van der Waals surface area (Å²) in [5.41, 5.74) is 3.07. The molecular formula is C16H23NO2. The lowest BCUT2D eigenvalue weighted by atomic mass is 10.0. The SMILES string of the molecule is CCC1CN(CC(=O)c2cc(C)ccc2C)CCO1.